The van der Waals surface area contributed by atoms with E-state index in [1.165, 1.54) is 6.92 Å². The lowest BCUT2D eigenvalue weighted by atomic mass is 9.95. The van der Waals surface area contributed by atoms with Crippen molar-refractivity contribution in [2.24, 2.45) is 22.1 Å². The van der Waals surface area contributed by atoms with Crippen LogP contribution in [0.4, 0.5) is 0 Å². The molecule has 2 bridgehead atoms. The van der Waals surface area contributed by atoms with Gasteiger partial charge in [0.1, 0.15) is 18.2 Å². The summed E-state index contributed by atoms with van der Waals surface area (Å²) in [5.74, 6) is 0.373. The van der Waals surface area contributed by atoms with E-state index >= 15 is 0 Å². The third-order valence-corrected chi connectivity index (χ3v) is 3.09. The molecule has 1 heterocycles. The fourth-order valence-electron chi connectivity index (χ4n) is 2.53. The highest BCUT2D eigenvalue weighted by Crippen LogP contribution is 2.48. The Morgan fingerprint density at radius 3 is 2.15 bits per heavy atom. The Labute approximate surface area is 75.7 Å². The van der Waals surface area contributed by atoms with Crippen LogP contribution in [0.15, 0.2) is 22.4 Å². The summed E-state index contributed by atoms with van der Waals surface area (Å²) in [5, 5.41) is 8.11. The lowest BCUT2D eigenvalue weighted by molar-refractivity contribution is -0.148. The number of hydrogen-bond acceptors (Lipinski definition) is 4. The Hall–Kier alpha value is -1.19. The van der Waals surface area contributed by atoms with Crippen molar-refractivity contribution in [1.82, 2.24) is 0 Å². The molecule has 4 unspecified atom stereocenters. The second-order valence-corrected chi connectivity index (χ2v) is 3.83. The van der Waals surface area contributed by atoms with Gasteiger partial charge in [-0.05, 0) is 0 Å². The van der Waals surface area contributed by atoms with Gasteiger partial charge in [0.15, 0.2) is 0 Å². The largest absolute Gasteiger partial charge is 0.461 e. The summed E-state index contributed by atoms with van der Waals surface area (Å²) < 4.78 is 5.26. The molecule has 13 heavy (non-hydrogen) atoms. The molecule has 1 fully saturated rings. The molecule has 4 atom stereocenters. The lowest BCUT2D eigenvalue weighted by Gasteiger charge is -2.25. The first-order valence-corrected chi connectivity index (χ1v) is 4.53. The van der Waals surface area contributed by atoms with Crippen molar-refractivity contribution in [3.63, 3.8) is 0 Å². The van der Waals surface area contributed by atoms with E-state index in [0.717, 1.165) is 0 Å². The van der Waals surface area contributed by atoms with E-state index in [1.807, 2.05) is 0 Å². The lowest BCUT2D eigenvalue weighted by Crippen LogP contribution is -2.33. The third-order valence-electron chi connectivity index (χ3n) is 3.09. The predicted molar refractivity (Wildman–Crippen MR) is 44.1 cm³/mol. The van der Waals surface area contributed by atoms with E-state index in [4.69, 9.17) is 4.74 Å². The van der Waals surface area contributed by atoms with Crippen LogP contribution in [0.25, 0.3) is 0 Å². The molecule has 0 N–H and O–H groups in total. The minimum absolute atomic E-state index is 0.00231. The summed E-state index contributed by atoms with van der Waals surface area (Å²) in [7, 11) is 0. The molecule has 0 radical (unpaired) electrons. The second kappa shape index (κ2) is 2.19. The highest BCUT2D eigenvalue weighted by Gasteiger charge is 2.57. The van der Waals surface area contributed by atoms with Crippen LogP contribution in [0.2, 0.25) is 0 Å². The fraction of sp³-hybridized carbons (Fsp3) is 0.667. The summed E-state index contributed by atoms with van der Waals surface area (Å²) in [4.78, 5) is 10.8. The zero-order valence-corrected chi connectivity index (χ0v) is 7.25. The van der Waals surface area contributed by atoms with Crippen molar-refractivity contribution in [3.8, 4) is 0 Å². The SMILES string of the molecule is CC(=O)OC1C2C=CC1C1N=NC21. The number of ether oxygens (including phenoxy) is 1. The zero-order valence-electron chi connectivity index (χ0n) is 7.25. The Kier molecular flexibility index (Phi) is 1.22. The number of carbonyl (C=O) groups excluding carboxylic acids is 1. The maximum absolute atomic E-state index is 10.8. The van der Waals surface area contributed by atoms with Gasteiger partial charge in [0.05, 0.1) is 0 Å². The van der Waals surface area contributed by atoms with Crippen molar-refractivity contribution in [1.29, 1.82) is 0 Å². The van der Waals surface area contributed by atoms with Gasteiger partial charge in [0.25, 0.3) is 0 Å². The molecular weight excluding hydrogens is 168 g/mol. The number of fused-ring (bicyclic) bond motifs is 5. The van der Waals surface area contributed by atoms with Gasteiger partial charge in [0, 0.05) is 18.8 Å². The molecule has 1 aliphatic heterocycles. The van der Waals surface area contributed by atoms with Gasteiger partial charge in [-0.1, -0.05) is 12.2 Å². The Bertz CT molecular complexity index is 302. The maximum Gasteiger partial charge on any atom is 0.302 e. The molecule has 0 aromatic rings. The maximum atomic E-state index is 10.8. The molecule has 0 aromatic carbocycles. The summed E-state index contributed by atoms with van der Waals surface area (Å²) in [6, 6.07) is 0.582. The molecule has 4 heteroatoms. The summed E-state index contributed by atoms with van der Waals surface area (Å²) in [5.41, 5.74) is 0. The van der Waals surface area contributed by atoms with E-state index in [1.54, 1.807) is 0 Å². The zero-order chi connectivity index (χ0) is 9.00. The molecule has 3 rings (SSSR count). The van der Waals surface area contributed by atoms with Crippen LogP contribution in [0.3, 0.4) is 0 Å². The molecule has 0 spiro atoms. The predicted octanol–water partition coefficient (Wildman–Crippen LogP) is 0.937. The third kappa shape index (κ3) is 0.779. The van der Waals surface area contributed by atoms with Crippen LogP contribution in [-0.4, -0.2) is 24.2 Å². The van der Waals surface area contributed by atoms with Crippen molar-refractivity contribution in [2.75, 3.05) is 0 Å². The van der Waals surface area contributed by atoms with Gasteiger partial charge in [-0.2, -0.15) is 10.2 Å². The number of azo groups is 1. The van der Waals surface area contributed by atoms with Gasteiger partial charge in [0.2, 0.25) is 0 Å². The monoisotopic (exact) mass is 178 g/mol. The normalized spacial score (nSPS) is 48.8. The van der Waals surface area contributed by atoms with Crippen molar-refractivity contribution < 1.29 is 9.53 Å². The second-order valence-electron chi connectivity index (χ2n) is 3.83. The van der Waals surface area contributed by atoms with E-state index in [9.17, 15) is 4.79 Å². The topological polar surface area (TPSA) is 51.0 Å². The molecule has 68 valence electrons. The summed E-state index contributed by atoms with van der Waals surface area (Å²) >= 11 is 0. The van der Waals surface area contributed by atoms with Gasteiger partial charge in [-0.3, -0.25) is 4.79 Å². The van der Waals surface area contributed by atoms with Crippen LogP contribution < -0.4 is 0 Å². The molecule has 3 aliphatic rings. The highest BCUT2D eigenvalue weighted by molar-refractivity contribution is 5.66. The quantitative estimate of drug-likeness (QED) is 0.443. The molecule has 0 saturated heterocycles. The number of rotatable bonds is 1. The van der Waals surface area contributed by atoms with Crippen LogP contribution in [0.5, 0.6) is 0 Å². The van der Waals surface area contributed by atoms with E-state index < -0.39 is 0 Å². The Morgan fingerprint density at radius 1 is 1.23 bits per heavy atom. The first-order chi connectivity index (χ1) is 6.27. The Balaban J connectivity index is 1.84. The Morgan fingerprint density at radius 2 is 1.77 bits per heavy atom. The molecule has 0 amide bonds. The highest BCUT2D eigenvalue weighted by atomic mass is 16.5. The number of hydrogen-bond donors (Lipinski definition) is 0. The minimum Gasteiger partial charge on any atom is -0.461 e. The van der Waals surface area contributed by atoms with Gasteiger partial charge in [-0.15, -0.1) is 0 Å². The average molecular weight is 178 g/mol. The molecule has 0 aromatic heterocycles. The molecule has 1 saturated carbocycles. The van der Waals surface area contributed by atoms with Gasteiger partial charge >= 0.3 is 5.97 Å². The fourth-order valence-corrected chi connectivity index (χ4v) is 2.53. The molecule has 4 nitrogen and oxygen atoms in total. The van der Waals surface area contributed by atoms with Crippen LogP contribution in [0, 0.1) is 11.8 Å². The van der Waals surface area contributed by atoms with Gasteiger partial charge in [-0.25, -0.2) is 0 Å². The average Bonchev–Trinajstić information content (AvgIpc) is 2.39. The first-order valence-electron chi connectivity index (χ1n) is 4.53. The van der Waals surface area contributed by atoms with Crippen molar-refractivity contribution in [3.05, 3.63) is 12.2 Å². The molecular formula is C9H10N2O2. The first kappa shape index (κ1) is 7.24. The molecule has 2 aliphatic carbocycles. The van der Waals surface area contributed by atoms with Gasteiger partial charge < -0.3 is 4.74 Å². The van der Waals surface area contributed by atoms with Crippen molar-refractivity contribution >= 4 is 5.97 Å². The number of nitrogens with zero attached hydrogens (tertiary/aromatic N) is 2. The van der Waals surface area contributed by atoms with E-state index in [2.05, 4.69) is 22.4 Å². The van der Waals surface area contributed by atoms with Crippen LogP contribution in [0.1, 0.15) is 6.92 Å². The number of esters is 1. The van der Waals surface area contributed by atoms with Crippen molar-refractivity contribution in [2.45, 2.75) is 25.1 Å². The summed E-state index contributed by atoms with van der Waals surface area (Å²) in [6.45, 7) is 1.45. The smallest absolute Gasteiger partial charge is 0.302 e. The van der Waals surface area contributed by atoms with E-state index in [-0.39, 0.29) is 23.9 Å². The number of carbonyl (C=O) groups is 1. The van der Waals surface area contributed by atoms with Crippen LogP contribution in [-0.2, 0) is 9.53 Å². The van der Waals surface area contributed by atoms with Crippen LogP contribution >= 0.6 is 0 Å². The van der Waals surface area contributed by atoms with E-state index in [0.29, 0.717) is 12.1 Å². The minimum atomic E-state index is -0.204. The summed E-state index contributed by atoms with van der Waals surface area (Å²) in [6.07, 6.45) is 4.22. The standard InChI is InChI=1S/C9H10N2O2/c1-4(12)13-9-5-2-3-6(9)8-7(5)10-11-8/h2-3,5-9H,1H3.